The summed E-state index contributed by atoms with van der Waals surface area (Å²) >= 11 is 0. The summed E-state index contributed by atoms with van der Waals surface area (Å²) in [5.41, 5.74) is 17.0. The second-order valence-corrected chi connectivity index (χ2v) is 14.0. The number of benzene rings is 7. The number of hydrogen-bond acceptors (Lipinski definition) is 3. The number of rotatable bonds is 4. The Kier molecular flexibility index (Phi) is 6.47. The van der Waals surface area contributed by atoms with Gasteiger partial charge in [-0.05, 0) is 91.2 Å². The van der Waals surface area contributed by atoms with Crippen LogP contribution < -0.4 is 0 Å². The van der Waals surface area contributed by atoms with Gasteiger partial charge in [0.15, 0.2) is 5.82 Å². The van der Waals surface area contributed by atoms with E-state index in [1.54, 1.807) is 0 Å². The Hall–Kier alpha value is -6.97. The normalized spacial score (nSPS) is 13.1. The van der Waals surface area contributed by atoms with Crippen molar-refractivity contribution >= 4 is 10.8 Å². The second kappa shape index (κ2) is 11.5. The highest BCUT2D eigenvalue weighted by Crippen LogP contribution is 2.63. The lowest BCUT2D eigenvalue weighted by Gasteiger charge is -2.30. The minimum Gasteiger partial charge on any atom is -0.264 e. The summed E-state index contributed by atoms with van der Waals surface area (Å²) in [5, 5.41) is 2.35. The molecule has 0 atom stereocenters. The van der Waals surface area contributed by atoms with Gasteiger partial charge >= 0.3 is 0 Å². The van der Waals surface area contributed by atoms with Crippen molar-refractivity contribution in [2.75, 3.05) is 0 Å². The van der Waals surface area contributed by atoms with E-state index in [9.17, 15) is 0 Å². The average molecular weight is 674 g/mol. The first-order valence-corrected chi connectivity index (χ1v) is 18.1. The van der Waals surface area contributed by atoms with Gasteiger partial charge in [-0.15, -0.1) is 0 Å². The van der Waals surface area contributed by atoms with Gasteiger partial charge in [0.2, 0.25) is 0 Å². The minimum absolute atomic E-state index is 0.426. The van der Waals surface area contributed by atoms with E-state index in [4.69, 9.17) is 9.97 Å². The molecule has 0 bridgehead atoms. The Labute approximate surface area is 308 Å². The summed E-state index contributed by atoms with van der Waals surface area (Å²) in [6.45, 7) is 0. The van der Waals surface area contributed by atoms with E-state index >= 15 is 0 Å². The molecule has 0 amide bonds. The molecule has 53 heavy (non-hydrogen) atoms. The third kappa shape index (κ3) is 4.44. The zero-order valence-electron chi connectivity index (χ0n) is 28.7. The van der Waals surface area contributed by atoms with Crippen LogP contribution in [0.25, 0.3) is 78.1 Å². The summed E-state index contributed by atoms with van der Waals surface area (Å²) < 4.78 is 0. The molecule has 2 aromatic heterocycles. The molecule has 9 aromatic rings. The van der Waals surface area contributed by atoms with Crippen molar-refractivity contribution < 1.29 is 0 Å². The molecular formula is C50H31N3. The fourth-order valence-corrected chi connectivity index (χ4v) is 8.85. The van der Waals surface area contributed by atoms with E-state index < -0.39 is 5.41 Å². The molecule has 2 aliphatic carbocycles. The van der Waals surface area contributed by atoms with Gasteiger partial charge in [-0.2, -0.15) is 0 Å². The highest BCUT2D eigenvalue weighted by atomic mass is 14.9. The van der Waals surface area contributed by atoms with E-state index in [1.165, 1.54) is 49.9 Å². The predicted octanol–water partition coefficient (Wildman–Crippen LogP) is 12.0. The largest absolute Gasteiger partial charge is 0.264 e. The van der Waals surface area contributed by atoms with Gasteiger partial charge in [-0.25, -0.2) is 9.97 Å². The summed E-state index contributed by atoms with van der Waals surface area (Å²) in [6.07, 6.45) is 3.71. The highest BCUT2D eigenvalue weighted by molar-refractivity contribution is 5.96. The van der Waals surface area contributed by atoms with Gasteiger partial charge in [0.1, 0.15) is 0 Å². The quantitative estimate of drug-likeness (QED) is 0.187. The van der Waals surface area contributed by atoms with E-state index in [1.807, 2.05) is 18.5 Å². The van der Waals surface area contributed by atoms with Crippen molar-refractivity contribution in [1.29, 1.82) is 0 Å². The molecule has 0 fully saturated rings. The molecule has 246 valence electrons. The molecule has 1 spiro atoms. The molecule has 11 rings (SSSR count). The van der Waals surface area contributed by atoms with Crippen molar-refractivity contribution in [3.63, 3.8) is 0 Å². The second-order valence-electron chi connectivity index (χ2n) is 14.0. The molecule has 2 heterocycles. The lowest BCUT2D eigenvalue weighted by Crippen LogP contribution is -2.25. The molecule has 0 unspecified atom stereocenters. The lowest BCUT2D eigenvalue weighted by atomic mass is 9.70. The Morgan fingerprint density at radius 1 is 0.340 bits per heavy atom. The molecule has 0 aliphatic heterocycles. The van der Waals surface area contributed by atoms with E-state index in [0.717, 1.165) is 44.6 Å². The van der Waals surface area contributed by atoms with Gasteiger partial charge in [0.25, 0.3) is 0 Å². The zero-order valence-corrected chi connectivity index (χ0v) is 28.7. The summed E-state index contributed by atoms with van der Waals surface area (Å²) in [5.74, 6) is 0.699. The molecular weight excluding hydrogens is 643 g/mol. The van der Waals surface area contributed by atoms with Crippen LogP contribution in [0.1, 0.15) is 22.3 Å². The van der Waals surface area contributed by atoms with Crippen LogP contribution in [0.5, 0.6) is 0 Å². The fraction of sp³-hybridized carbons (Fsp3) is 0.0200. The molecule has 3 heteroatoms. The molecule has 3 nitrogen and oxygen atoms in total. The molecule has 0 radical (unpaired) electrons. The standard InChI is InChI=1S/C50H31N3/c1-2-12-33-28-37(23-22-32(33)11-1)49-52-47(35-14-9-13-34(27-35)38-15-10-26-51-31-38)30-48(53-49)36-24-25-42-41-18-5-8-21-45(41)50(46(42)29-36)43-19-6-3-16-39(43)40-17-4-7-20-44(40)50/h1-31H. The van der Waals surface area contributed by atoms with Crippen molar-refractivity contribution in [3.8, 4) is 67.3 Å². The van der Waals surface area contributed by atoms with Crippen LogP contribution in [0, 0.1) is 0 Å². The Morgan fingerprint density at radius 3 is 1.58 bits per heavy atom. The highest BCUT2D eigenvalue weighted by Gasteiger charge is 2.51. The first-order chi connectivity index (χ1) is 26.3. The Morgan fingerprint density at radius 2 is 0.906 bits per heavy atom. The number of fused-ring (bicyclic) bond motifs is 11. The van der Waals surface area contributed by atoms with Crippen LogP contribution in [0.4, 0.5) is 0 Å². The number of aromatic nitrogens is 3. The molecule has 7 aromatic carbocycles. The summed E-state index contributed by atoms with van der Waals surface area (Å²) in [6, 6.07) is 63.5. The number of nitrogens with zero attached hydrogens (tertiary/aromatic N) is 3. The maximum atomic E-state index is 5.34. The minimum atomic E-state index is -0.426. The smallest absolute Gasteiger partial charge is 0.160 e. The lowest BCUT2D eigenvalue weighted by molar-refractivity contribution is 0.794. The SMILES string of the molecule is c1cncc(-c2cccc(-c3cc(-c4ccc5c(c4)C4(c6ccccc6-c6ccccc64)c4ccccc4-5)nc(-c4ccc5ccccc5c4)n3)c2)c1. The van der Waals surface area contributed by atoms with Gasteiger partial charge in [-0.3, -0.25) is 4.98 Å². The average Bonchev–Trinajstić information content (AvgIpc) is 3.71. The Bertz CT molecular complexity index is 2840. The molecule has 0 saturated carbocycles. The molecule has 0 saturated heterocycles. The van der Waals surface area contributed by atoms with Gasteiger partial charge < -0.3 is 0 Å². The van der Waals surface area contributed by atoms with Crippen molar-refractivity contribution in [3.05, 3.63) is 211 Å². The van der Waals surface area contributed by atoms with Crippen molar-refractivity contribution in [1.82, 2.24) is 15.0 Å². The van der Waals surface area contributed by atoms with Crippen LogP contribution in [-0.4, -0.2) is 15.0 Å². The van der Waals surface area contributed by atoms with Crippen LogP contribution in [-0.2, 0) is 5.41 Å². The maximum absolute atomic E-state index is 5.34. The first-order valence-electron chi connectivity index (χ1n) is 18.1. The van der Waals surface area contributed by atoms with Gasteiger partial charge in [0, 0.05) is 34.6 Å². The number of hydrogen-bond donors (Lipinski definition) is 0. The molecule has 0 N–H and O–H groups in total. The third-order valence-electron chi connectivity index (χ3n) is 11.2. The van der Waals surface area contributed by atoms with Crippen molar-refractivity contribution in [2.45, 2.75) is 5.41 Å². The first kappa shape index (κ1) is 29.7. The molecule has 2 aliphatic rings. The predicted molar refractivity (Wildman–Crippen MR) is 215 cm³/mol. The maximum Gasteiger partial charge on any atom is 0.160 e. The monoisotopic (exact) mass is 673 g/mol. The van der Waals surface area contributed by atoms with Crippen molar-refractivity contribution in [2.24, 2.45) is 0 Å². The number of pyridine rings is 1. The summed E-state index contributed by atoms with van der Waals surface area (Å²) in [7, 11) is 0. The third-order valence-corrected chi connectivity index (χ3v) is 11.2. The van der Waals surface area contributed by atoms with Gasteiger partial charge in [-0.1, -0.05) is 146 Å². The topological polar surface area (TPSA) is 38.7 Å². The van der Waals surface area contributed by atoms with Crippen LogP contribution in [0.15, 0.2) is 188 Å². The van der Waals surface area contributed by atoms with Crippen LogP contribution in [0.2, 0.25) is 0 Å². The summed E-state index contributed by atoms with van der Waals surface area (Å²) in [4.78, 5) is 15.0. The van der Waals surface area contributed by atoms with Crippen LogP contribution >= 0.6 is 0 Å². The Balaban J connectivity index is 1.15. The van der Waals surface area contributed by atoms with E-state index in [0.29, 0.717) is 5.82 Å². The van der Waals surface area contributed by atoms with Gasteiger partial charge in [0.05, 0.1) is 16.8 Å². The van der Waals surface area contributed by atoms with Crippen LogP contribution in [0.3, 0.4) is 0 Å². The fourth-order valence-electron chi connectivity index (χ4n) is 8.85. The zero-order chi connectivity index (χ0) is 34.9. The van der Waals surface area contributed by atoms with E-state index in [-0.39, 0.29) is 0 Å². The van der Waals surface area contributed by atoms with E-state index in [2.05, 4.69) is 175 Å².